The molecular weight excluding hydrogens is 447 g/mol. The third kappa shape index (κ3) is 3.97. The Morgan fingerprint density at radius 2 is 1.77 bits per heavy atom. The van der Waals surface area contributed by atoms with Crippen LogP contribution in [0.3, 0.4) is 0 Å². The molecule has 2 aliphatic rings. The summed E-state index contributed by atoms with van der Waals surface area (Å²) < 4.78 is 32.8. The molecule has 0 atom stereocenters. The summed E-state index contributed by atoms with van der Waals surface area (Å²) in [4.78, 5) is 15.0. The van der Waals surface area contributed by atoms with Crippen LogP contribution in [0.1, 0.15) is 27.9 Å². The summed E-state index contributed by atoms with van der Waals surface area (Å²) in [5.74, 6) is -0.333. The number of hydrogen-bond acceptors (Lipinski definition) is 4. The molecule has 1 saturated heterocycles. The molecule has 0 radical (unpaired) electrons. The van der Waals surface area contributed by atoms with Crippen LogP contribution < -0.4 is 4.90 Å². The highest BCUT2D eigenvalue weighted by molar-refractivity contribution is 7.89. The SMILES string of the molecule is Cc1ccc2c(c1)CCCN2C(=O)c1cc(S(=O)(=O)N2CCOCC2)c(Cl)cc1Cl. The lowest BCUT2D eigenvalue weighted by molar-refractivity contribution is 0.0730. The molecule has 0 saturated carbocycles. The fourth-order valence-electron chi connectivity index (χ4n) is 3.90. The van der Waals surface area contributed by atoms with Gasteiger partial charge in [-0.05, 0) is 43.5 Å². The molecule has 4 rings (SSSR count). The van der Waals surface area contributed by atoms with Gasteiger partial charge in [0.2, 0.25) is 10.0 Å². The Kier molecular flexibility index (Phi) is 6.10. The number of amides is 1. The summed E-state index contributed by atoms with van der Waals surface area (Å²) in [5, 5.41) is 0.128. The topological polar surface area (TPSA) is 66.9 Å². The molecular formula is C21H22Cl2N2O4S. The van der Waals surface area contributed by atoms with Gasteiger partial charge in [0.05, 0.1) is 28.8 Å². The number of aryl methyl sites for hydroxylation is 2. The molecule has 2 aliphatic heterocycles. The first kappa shape index (κ1) is 21.6. The Hall–Kier alpha value is -1.64. The number of hydrogen-bond donors (Lipinski definition) is 0. The van der Waals surface area contributed by atoms with Gasteiger partial charge in [-0.2, -0.15) is 4.31 Å². The van der Waals surface area contributed by atoms with E-state index in [9.17, 15) is 13.2 Å². The fraction of sp³-hybridized carbons (Fsp3) is 0.381. The van der Waals surface area contributed by atoms with Crippen molar-refractivity contribution in [2.45, 2.75) is 24.7 Å². The number of morpholine rings is 1. The number of halogens is 2. The third-order valence-electron chi connectivity index (χ3n) is 5.44. The number of nitrogens with zero attached hydrogens (tertiary/aromatic N) is 2. The molecule has 0 unspecified atom stereocenters. The first-order valence-corrected chi connectivity index (χ1v) is 12.0. The van der Waals surface area contributed by atoms with Crippen LogP contribution in [0.25, 0.3) is 0 Å². The van der Waals surface area contributed by atoms with E-state index < -0.39 is 10.0 Å². The monoisotopic (exact) mass is 468 g/mol. The van der Waals surface area contributed by atoms with Crippen molar-refractivity contribution in [1.29, 1.82) is 0 Å². The predicted molar refractivity (Wildman–Crippen MR) is 117 cm³/mol. The van der Waals surface area contributed by atoms with E-state index in [-0.39, 0.29) is 39.5 Å². The number of anilines is 1. The van der Waals surface area contributed by atoms with Gasteiger partial charge in [-0.3, -0.25) is 4.79 Å². The van der Waals surface area contributed by atoms with Crippen LogP contribution in [-0.2, 0) is 21.2 Å². The number of benzene rings is 2. The minimum absolute atomic E-state index is 0.00212. The van der Waals surface area contributed by atoms with Crippen molar-refractivity contribution >= 4 is 44.8 Å². The van der Waals surface area contributed by atoms with Gasteiger partial charge < -0.3 is 9.64 Å². The van der Waals surface area contributed by atoms with Crippen molar-refractivity contribution in [3.05, 3.63) is 57.1 Å². The van der Waals surface area contributed by atoms with Crippen molar-refractivity contribution in [3.63, 3.8) is 0 Å². The minimum atomic E-state index is -3.87. The number of fused-ring (bicyclic) bond motifs is 1. The first-order chi connectivity index (χ1) is 14.3. The van der Waals surface area contributed by atoms with Crippen LogP contribution in [0.5, 0.6) is 0 Å². The molecule has 160 valence electrons. The largest absolute Gasteiger partial charge is 0.379 e. The van der Waals surface area contributed by atoms with Gasteiger partial charge in [0.15, 0.2) is 0 Å². The van der Waals surface area contributed by atoms with Crippen LogP contribution in [0, 0.1) is 6.92 Å². The molecule has 1 amide bonds. The number of carbonyl (C=O) groups is 1. The van der Waals surface area contributed by atoms with Crippen LogP contribution in [0.2, 0.25) is 10.0 Å². The van der Waals surface area contributed by atoms with Gasteiger partial charge in [-0.25, -0.2) is 8.42 Å². The lowest BCUT2D eigenvalue weighted by Gasteiger charge is -2.30. The second-order valence-corrected chi connectivity index (χ2v) is 10.2. The highest BCUT2D eigenvalue weighted by atomic mass is 35.5. The fourth-order valence-corrected chi connectivity index (χ4v) is 6.14. The molecule has 2 aromatic carbocycles. The normalized spacial score (nSPS) is 17.6. The number of rotatable bonds is 3. The minimum Gasteiger partial charge on any atom is -0.379 e. The Morgan fingerprint density at radius 3 is 2.50 bits per heavy atom. The van der Waals surface area contributed by atoms with Gasteiger partial charge in [0.1, 0.15) is 4.90 Å². The summed E-state index contributed by atoms with van der Waals surface area (Å²) in [6, 6.07) is 8.61. The molecule has 2 heterocycles. The molecule has 9 heteroatoms. The average Bonchev–Trinajstić information content (AvgIpc) is 2.73. The summed E-state index contributed by atoms with van der Waals surface area (Å²) in [6.45, 7) is 3.67. The van der Waals surface area contributed by atoms with E-state index in [1.165, 1.54) is 16.4 Å². The van der Waals surface area contributed by atoms with Gasteiger partial charge in [0, 0.05) is 25.3 Å². The van der Waals surface area contributed by atoms with E-state index in [1.54, 1.807) is 4.90 Å². The van der Waals surface area contributed by atoms with Crippen LogP contribution in [0.15, 0.2) is 35.2 Å². The van der Waals surface area contributed by atoms with Gasteiger partial charge in [0.25, 0.3) is 5.91 Å². The predicted octanol–water partition coefficient (Wildman–Crippen LogP) is 3.92. The van der Waals surface area contributed by atoms with E-state index in [1.807, 2.05) is 19.1 Å². The zero-order chi connectivity index (χ0) is 21.5. The van der Waals surface area contributed by atoms with E-state index in [2.05, 4.69) is 6.07 Å². The first-order valence-electron chi connectivity index (χ1n) is 9.77. The van der Waals surface area contributed by atoms with E-state index in [0.29, 0.717) is 19.8 Å². The molecule has 0 aromatic heterocycles. The molecule has 6 nitrogen and oxygen atoms in total. The van der Waals surface area contributed by atoms with E-state index in [4.69, 9.17) is 27.9 Å². The number of ether oxygens (including phenoxy) is 1. The summed E-state index contributed by atoms with van der Waals surface area (Å²) in [6.07, 6.45) is 1.72. The molecule has 0 aliphatic carbocycles. The zero-order valence-corrected chi connectivity index (χ0v) is 18.9. The quantitative estimate of drug-likeness (QED) is 0.684. The molecule has 0 N–H and O–H groups in total. The lowest BCUT2D eigenvalue weighted by atomic mass is 9.99. The molecule has 0 bridgehead atoms. The molecule has 1 fully saturated rings. The maximum absolute atomic E-state index is 13.4. The zero-order valence-electron chi connectivity index (χ0n) is 16.5. The number of sulfonamides is 1. The summed E-state index contributed by atoms with van der Waals surface area (Å²) in [5.41, 5.74) is 3.19. The van der Waals surface area contributed by atoms with Crippen molar-refractivity contribution in [2.24, 2.45) is 0 Å². The molecule has 2 aromatic rings. The smallest absolute Gasteiger partial charge is 0.259 e. The maximum Gasteiger partial charge on any atom is 0.259 e. The number of carbonyl (C=O) groups excluding carboxylic acids is 1. The Labute approximate surface area is 186 Å². The van der Waals surface area contributed by atoms with Gasteiger partial charge in [-0.15, -0.1) is 0 Å². The van der Waals surface area contributed by atoms with Crippen LogP contribution >= 0.6 is 23.2 Å². The second kappa shape index (κ2) is 8.48. The summed E-state index contributed by atoms with van der Waals surface area (Å²) in [7, 11) is -3.87. The van der Waals surface area contributed by atoms with Crippen LogP contribution in [-0.4, -0.2) is 51.5 Å². The van der Waals surface area contributed by atoms with Crippen molar-refractivity contribution < 1.29 is 17.9 Å². The standard InChI is InChI=1S/C21H22Cl2N2O4S/c1-14-4-5-19-15(11-14)3-2-6-25(19)21(26)16-12-20(18(23)13-17(16)22)30(27,28)24-7-9-29-10-8-24/h4-5,11-13H,2-3,6-10H2,1H3. The average molecular weight is 469 g/mol. The maximum atomic E-state index is 13.4. The van der Waals surface area contributed by atoms with Gasteiger partial charge >= 0.3 is 0 Å². The molecule has 0 spiro atoms. The highest BCUT2D eigenvalue weighted by Crippen LogP contribution is 2.34. The Bertz CT molecular complexity index is 1100. The van der Waals surface area contributed by atoms with Crippen molar-refractivity contribution in [3.8, 4) is 0 Å². The van der Waals surface area contributed by atoms with Gasteiger partial charge in [-0.1, -0.05) is 40.9 Å². The Morgan fingerprint density at radius 1 is 1.03 bits per heavy atom. The Balaban J connectivity index is 1.74. The summed E-state index contributed by atoms with van der Waals surface area (Å²) >= 11 is 12.6. The lowest BCUT2D eigenvalue weighted by Crippen LogP contribution is -2.41. The van der Waals surface area contributed by atoms with Crippen molar-refractivity contribution in [2.75, 3.05) is 37.7 Å². The van der Waals surface area contributed by atoms with Crippen molar-refractivity contribution in [1.82, 2.24) is 4.31 Å². The van der Waals surface area contributed by atoms with Crippen LogP contribution in [0.4, 0.5) is 5.69 Å². The second-order valence-electron chi connectivity index (χ2n) is 7.47. The third-order valence-corrected chi connectivity index (χ3v) is 8.11. The highest BCUT2D eigenvalue weighted by Gasteiger charge is 2.32. The van der Waals surface area contributed by atoms with E-state index >= 15 is 0 Å². The van der Waals surface area contributed by atoms with E-state index in [0.717, 1.165) is 29.7 Å². The molecule has 30 heavy (non-hydrogen) atoms.